The van der Waals surface area contributed by atoms with Crippen LogP contribution in [0.2, 0.25) is 0 Å². The summed E-state index contributed by atoms with van der Waals surface area (Å²) in [5, 5.41) is 2.72. The van der Waals surface area contributed by atoms with Gasteiger partial charge in [-0.3, -0.25) is 9.78 Å². The first-order valence-corrected chi connectivity index (χ1v) is 5.42. The fraction of sp³-hybridized carbons (Fsp3) is 0.417. The summed E-state index contributed by atoms with van der Waals surface area (Å²) in [6, 6.07) is 2.86. The summed E-state index contributed by atoms with van der Waals surface area (Å²) in [5.41, 5.74) is 0.546. The molecule has 0 radical (unpaired) electrons. The highest BCUT2D eigenvalue weighted by atomic mass is 16.5. The normalized spacial score (nSPS) is 11.7. The average Bonchev–Trinajstić information content (AvgIpc) is 2.38. The van der Waals surface area contributed by atoms with Crippen molar-refractivity contribution < 1.29 is 19.1 Å². The Morgan fingerprint density at radius 3 is 2.61 bits per heavy atom. The minimum absolute atomic E-state index is 0.107. The molecule has 1 N–H and O–H groups in total. The Balaban J connectivity index is 2.67. The van der Waals surface area contributed by atoms with Crippen molar-refractivity contribution in [1.29, 1.82) is 0 Å². The number of hydrogen-bond donors (Lipinski definition) is 1. The SMILES string of the molecule is COCC(C)NC(=O)c1ccc(C(=O)OC)cn1. The van der Waals surface area contributed by atoms with E-state index in [0.717, 1.165) is 0 Å². The summed E-state index contributed by atoms with van der Waals surface area (Å²) in [5.74, 6) is -0.793. The van der Waals surface area contributed by atoms with E-state index in [1.807, 2.05) is 6.92 Å². The average molecular weight is 252 g/mol. The largest absolute Gasteiger partial charge is 0.465 e. The molecule has 0 aliphatic carbocycles. The number of carbonyl (C=O) groups excluding carboxylic acids is 2. The minimum Gasteiger partial charge on any atom is -0.465 e. The smallest absolute Gasteiger partial charge is 0.339 e. The predicted molar refractivity (Wildman–Crippen MR) is 64.4 cm³/mol. The van der Waals surface area contributed by atoms with Gasteiger partial charge in [0.05, 0.1) is 19.3 Å². The molecule has 0 spiro atoms. The number of carbonyl (C=O) groups is 2. The highest BCUT2D eigenvalue weighted by molar-refractivity contribution is 5.94. The molecule has 0 fully saturated rings. The van der Waals surface area contributed by atoms with Gasteiger partial charge in [-0.05, 0) is 19.1 Å². The van der Waals surface area contributed by atoms with Crippen molar-refractivity contribution in [2.45, 2.75) is 13.0 Å². The van der Waals surface area contributed by atoms with Crippen molar-refractivity contribution in [3.05, 3.63) is 29.6 Å². The van der Waals surface area contributed by atoms with Crippen LogP contribution in [0, 0.1) is 0 Å². The summed E-state index contributed by atoms with van der Waals surface area (Å²) in [4.78, 5) is 26.8. The molecule has 1 aromatic rings. The van der Waals surface area contributed by atoms with Crippen molar-refractivity contribution in [1.82, 2.24) is 10.3 Å². The van der Waals surface area contributed by atoms with Gasteiger partial charge in [0.25, 0.3) is 5.91 Å². The summed E-state index contributed by atoms with van der Waals surface area (Å²) in [7, 11) is 2.85. The molecule has 98 valence electrons. The standard InChI is InChI=1S/C12H16N2O4/c1-8(7-17-2)14-11(15)10-5-4-9(6-13-10)12(16)18-3/h4-6,8H,7H2,1-3H3,(H,14,15). The van der Waals surface area contributed by atoms with Crippen molar-refractivity contribution in [3.8, 4) is 0 Å². The van der Waals surface area contributed by atoms with Crippen molar-refractivity contribution in [3.63, 3.8) is 0 Å². The van der Waals surface area contributed by atoms with Crippen LogP contribution >= 0.6 is 0 Å². The molecule has 6 nitrogen and oxygen atoms in total. The van der Waals surface area contributed by atoms with Crippen LogP contribution in [0.5, 0.6) is 0 Å². The van der Waals surface area contributed by atoms with Gasteiger partial charge in [-0.15, -0.1) is 0 Å². The molecule has 0 saturated heterocycles. The lowest BCUT2D eigenvalue weighted by atomic mass is 10.2. The molecular formula is C12H16N2O4. The lowest BCUT2D eigenvalue weighted by Gasteiger charge is -2.12. The van der Waals surface area contributed by atoms with E-state index in [1.54, 1.807) is 7.11 Å². The van der Waals surface area contributed by atoms with Gasteiger partial charge >= 0.3 is 5.97 Å². The third kappa shape index (κ3) is 3.81. The Bertz CT molecular complexity index is 417. The number of methoxy groups -OCH3 is 2. The topological polar surface area (TPSA) is 77.5 Å². The maximum atomic E-state index is 11.7. The molecular weight excluding hydrogens is 236 g/mol. The molecule has 1 aromatic heterocycles. The summed E-state index contributed by atoms with van der Waals surface area (Å²) in [6.45, 7) is 2.25. The van der Waals surface area contributed by atoms with Crippen LogP contribution in [0.25, 0.3) is 0 Å². The molecule has 1 heterocycles. The van der Waals surface area contributed by atoms with Gasteiger partial charge in [0, 0.05) is 19.3 Å². The van der Waals surface area contributed by atoms with E-state index in [1.165, 1.54) is 25.4 Å². The second kappa shape index (κ2) is 6.70. The molecule has 1 atom stereocenters. The molecule has 0 saturated carbocycles. The molecule has 0 bridgehead atoms. The Labute approximate surface area is 105 Å². The van der Waals surface area contributed by atoms with Crippen molar-refractivity contribution in [2.75, 3.05) is 20.8 Å². The van der Waals surface area contributed by atoms with Crippen LogP contribution in [0.15, 0.2) is 18.3 Å². The zero-order chi connectivity index (χ0) is 13.5. The molecule has 1 unspecified atom stereocenters. The molecule has 0 aliphatic rings. The third-order valence-electron chi connectivity index (χ3n) is 2.21. The minimum atomic E-state index is -0.484. The van der Waals surface area contributed by atoms with E-state index in [2.05, 4.69) is 15.0 Å². The summed E-state index contributed by atoms with van der Waals surface area (Å²) in [6.07, 6.45) is 1.31. The van der Waals surface area contributed by atoms with Crippen LogP contribution in [0.4, 0.5) is 0 Å². The first-order chi connectivity index (χ1) is 8.58. The zero-order valence-electron chi connectivity index (χ0n) is 10.6. The second-order valence-electron chi connectivity index (χ2n) is 3.75. The number of aromatic nitrogens is 1. The van der Waals surface area contributed by atoms with Crippen molar-refractivity contribution in [2.24, 2.45) is 0 Å². The molecule has 1 amide bonds. The fourth-order valence-electron chi connectivity index (χ4n) is 1.36. The quantitative estimate of drug-likeness (QED) is 0.778. The van der Waals surface area contributed by atoms with Crippen LogP contribution in [0.1, 0.15) is 27.8 Å². The predicted octanol–water partition coefficient (Wildman–Crippen LogP) is 0.633. The number of nitrogens with one attached hydrogen (secondary N) is 1. The first kappa shape index (κ1) is 14.1. The number of hydrogen-bond acceptors (Lipinski definition) is 5. The van der Waals surface area contributed by atoms with E-state index in [-0.39, 0.29) is 17.6 Å². The summed E-state index contributed by atoms with van der Waals surface area (Å²) >= 11 is 0. The number of pyridine rings is 1. The Hall–Kier alpha value is -1.95. The van der Waals surface area contributed by atoms with Crippen LogP contribution in [-0.4, -0.2) is 43.7 Å². The summed E-state index contributed by atoms with van der Waals surface area (Å²) < 4.78 is 9.45. The van der Waals surface area contributed by atoms with Gasteiger partial charge in [0.15, 0.2) is 0 Å². The van der Waals surface area contributed by atoms with Gasteiger partial charge in [0.1, 0.15) is 5.69 Å². The second-order valence-corrected chi connectivity index (χ2v) is 3.75. The lowest BCUT2D eigenvalue weighted by Crippen LogP contribution is -2.36. The Kier molecular flexibility index (Phi) is 5.26. The van der Waals surface area contributed by atoms with Crippen LogP contribution in [0.3, 0.4) is 0 Å². The van der Waals surface area contributed by atoms with Gasteiger partial charge in [0.2, 0.25) is 0 Å². The van der Waals surface area contributed by atoms with Gasteiger partial charge in [-0.25, -0.2) is 4.79 Å². The lowest BCUT2D eigenvalue weighted by molar-refractivity contribution is 0.0599. The number of nitrogens with zero attached hydrogens (tertiary/aromatic N) is 1. The van der Waals surface area contributed by atoms with Gasteiger partial charge < -0.3 is 14.8 Å². The van der Waals surface area contributed by atoms with E-state index >= 15 is 0 Å². The van der Waals surface area contributed by atoms with E-state index in [9.17, 15) is 9.59 Å². The van der Waals surface area contributed by atoms with Gasteiger partial charge in [-0.1, -0.05) is 0 Å². The maximum Gasteiger partial charge on any atom is 0.339 e. The van der Waals surface area contributed by atoms with Crippen LogP contribution in [-0.2, 0) is 9.47 Å². The highest BCUT2D eigenvalue weighted by Crippen LogP contribution is 2.02. The number of ether oxygens (including phenoxy) is 2. The monoisotopic (exact) mass is 252 g/mol. The molecule has 1 rings (SSSR count). The number of rotatable bonds is 5. The van der Waals surface area contributed by atoms with E-state index in [4.69, 9.17) is 4.74 Å². The van der Waals surface area contributed by atoms with E-state index in [0.29, 0.717) is 12.2 Å². The Morgan fingerprint density at radius 2 is 2.11 bits per heavy atom. The van der Waals surface area contributed by atoms with Crippen LogP contribution < -0.4 is 5.32 Å². The molecule has 0 aromatic carbocycles. The number of esters is 1. The Morgan fingerprint density at radius 1 is 1.39 bits per heavy atom. The van der Waals surface area contributed by atoms with Crippen molar-refractivity contribution >= 4 is 11.9 Å². The third-order valence-corrected chi connectivity index (χ3v) is 2.21. The van der Waals surface area contributed by atoms with E-state index < -0.39 is 5.97 Å². The first-order valence-electron chi connectivity index (χ1n) is 5.42. The highest BCUT2D eigenvalue weighted by Gasteiger charge is 2.12. The number of amides is 1. The molecule has 0 aliphatic heterocycles. The van der Waals surface area contributed by atoms with Gasteiger partial charge in [-0.2, -0.15) is 0 Å². The maximum absolute atomic E-state index is 11.7. The molecule has 6 heteroatoms. The molecule has 18 heavy (non-hydrogen) atoms. The zero-order valence-corrected chi connectivity index (χ0v) is 10.6. The fourth-order valence-corrected chi connectivity index (χ4v) is 1.36.